The summed E-state index contributed by atoms with van der Waals surface area (Å²) in [4.78, 5) is 41.8. The van der Waals surface area contributed by atoms with Crippen LogP contribution >= 0.6 is 11.8 Å². The molecule has 2 aliphatic heterocycles. The van der Waals surface area contributed by atoms with Gasteiger partial charge in [-0.05, 0) is 71.6 Å². The number of carbonyl (C=O) groups excluding carboxylic acids is 2. The minimum absolute atomic E-state index is 0.0192. The molecule has 3 unspecified atom stereocenters. The molecule has 6 nitrogen and oxygen atoms in total. The lowest BCUT2D eigenvalue weighted by Gasteiger charge is -2.44. The summed E-state index contributed by atoms with van der Waals surface area (Å²) in [7, 11) is 0. The quantitative estimate of drug-likeness (QED) is 0.620. The highest BCUT2D eigenvalue weighted by molar-refractivity contribution is 8.01. The number of nitrogens with zero attached hydrogens (tertiary/aromatic N) is 2. The fourth-order valence-electron chi connectivity index (χ4n) is 5.33. The smallest absolute Gasteiger partial charge is 0.318 e. The molecule has 1 saturated carbocycles. The van der Waals surface area contributed by atoms with Gasteiger partial charge in [-0.1, -0.05) is 18.8 Å². The largest absolute Gasteiger partial charge is 0.480 e. The van der Waals surface area contributed by atoms with Gasteiger partial charge in [0.15, 0.2) is 0 Å². The van der Waals surface area contributed by atoms with Gasteiger partial charge in [0.25, 0.3) is 0 Å². The first kappa shape index (κ1) is 25.9. The van der Waals surface area contributed by atoms with Crippen molar-refractivity contribution in [1.82, 2.24) is 9.80 Å². The molecule has 3 aliphatic rings. The molecule has 2 amide bonds. The molecule has 184 valence electrons. The van der Waals surface area contributed by atoms with E-state index in [0.717, 1.165) is 25.7 Å². The van der Waals surface area contributed by atoms with E-state index in [1.807, 2.05) is 9.80 Å². The summed E-state index contributed by atoms with van der Waals surface area (Å²) in [6, 6.07) is -0.373. The van der Waals surface area contributed by atoms with Crippen LogP contribution in [0.25, 0.3) is 0 Å². The number of carboxylic acids is 1. The van der Waals surface area contributed by atoms with Crippen molar-refractivity contribution in [1.29, 1.82) is 0 Å². The summed E-state index contributed by atoms with van der Waals surface area (Å²) in [5, 5.41) is 9.30. The molecule has 3 atom stereocenters. The Morgan fingerprint density at radius 1 is 1.03 bits per heavy atom. The lowest BCUT2D eigenvalue weighted by molar-refractivity contribution is -0.146. The standard InChI is InChI=1S/C26H40N2O4S/c1-17-6-8-19(9-7-17)24(30)28(20-11-14-27(15-12-20)18(2)29)22-16-21(10-13-26(3,4)5)33-23(22)25(31)32/h17,19-23H,6-9,11-12,14-16H2,1-5H3,(H,31,32). The van der Waals surface area contributed by atoms with Crippen molar-refractivity contribution in [2.24, 2.45) is 17.3 Å². The number of rotatable bonds is 4. The van der Waals surface area contributed by atoms with Crippen LogP contribution in [0.2, 0.25) is 0 Å². The predicted molar refractivity (Wildman–Crippen MR) is 132 cm³/mol. The van der Waals surface area contributed by atoms with Gasteiger partial charge >= 0.3 is 5.97 Å². The molecule has 3 rings (SSSR count). The summed E-state index contributed by atoms with van der Waals surface area (Å²) < 4.78 is 0. The molecule has 0 aromatic heterocycles. The van der Waals surface area contributed by atoms with Crippen LogP contribution in [-0.4, -0.2) is 68.4 Å². The van der Waals surface area contributed by atoms with Crippen molar-refractivity contribution in [3.05, 3.63) is 0 Å². The van der Waals surface area contributed by atoms with Gasteiger partial charge in [0.05, 0.1) is 11.3 Å². The SMILES string of the molecule is CC(=O)N1CCC(N(C(=O)C2CCC(C)CC2)C2CC(C#CC(C)(C)C)SC2C(=O)O)CC1. The predicted octanol–water partition coefficient (Wildman–Crippen LogP) is 4.03. The second kappa shape index (κ2) is 10.7. The lowest BCUT2D eigenvalue weighted by atomic mass is 9.81. The van der Waals surface area contributed by atoms with E-state index in [4.69, 9.17) is 0 Å². The van der Waals surface area contributed by atoms with Crippen LogP contribution in [0.1, 0.15) is 79.6 Å². The average molecular weight is 477 g/mol. The fourth-order valence-corrected chi connectivity index (χ4v) is 6.66. The second-order valence-electron chi connectivity index (χ2n) is 11.1. The average Bonchev–Trinajstić information content (AvgIpc) is 3.17. The summed E-state index contributed by atoms with van der Waals surface area (Å²) in [5.41, 5.74) is -0.148. The van der Waals surface area contributed by atoms with Crippen LogP contribution < -0.4 is 0 Å². The highest BCUT2D eigenvalue weighted by Gasteiger charge is 2.47. The van der Waals surface area contributed by atoms with Gasteiger partial charge in [-0.3, -0.25) is 14.4 Å². The molecule has 0 spiro atoms. The van der Waals surface area contributed by atoms with Crippen LogP contribution in [0.15, 0.2) is 0 Å². The maximum Gasteiger partial charge on any atom is 0.318 e. The number of aliphatic carboxylic acids is 1. The van der Waals surface area contributed by atoms with Crippen LogP contribution in [0.3, 0.4) is 0 Å². The Kier molecular flexibility index (Phi) is 8.42. The van der Waals surface area contributed by atoms with E-state index in [2.05, 4.69) is 39.5 Å². The monoisotopic (exact) mass is 476 g/mol. The summed E-state index contributed by atoms with van der Waals surface area (Å²) in [5.74, 6) is 6.52. The van der Waals surface area contributed by atoms with Gasteiger partial charge in [-0.2, -0.15) is 0 Å². The van der Waals surface area contributed by atoms with E-state index in [-0.39, 0.29) is 40.5 Å². The van der Waals surface area contributed by atoms with Crippen LogP contribution in [-0.2, 0) is 14.4 Å². The third-order valence-electron chi connectivity index (χ3n) is 7.25. The van der Waals surface area contributed by atoms with E-state index < -0.39 is 11.2 Å². The first-order valence-corrected chi connectivity index (χ1v) is 13.4. The molecule has 1 aliphatic carbocycles. The zero-order chi connectivity index (χ0) is 24.3. The van der Waals surface area contributed by atoms with Crippen molar-refractivity contribution in [3.63, 3.8) is 0 Å². The molecule has 2 saturated heterocycles. The molecule has 0 bridgehead atoms. The maximum absolute atomic E-state index is 13.9. The molecular formula is C26H40N2O4S. The Labute approximate surface area is 203 Å². The number of hydrogen-bond acceptors (Lipinski definition) is 4. The molecule has 3 fully saturated rings. The van der Waals surface area contributed by atoms with Crippen molar-refractivity contribution in [2.75, 3.05) is 13.1 Å². The molecular weight excluding hydrogens is 436 g/mol. The minimum Gasteiger partial charge on any atom is -0.480 e. The highest BCUT2D eigenvalue weighted by Crippen LogP contribution is 2.41. The molecule has 33 heavy (non-hydrogen) atoms. The highest BCUT2D eigenvalue weighted by atomic mass is 32.2. The minimum atomic E-state index is -0.860. The van der Waals surface area contributed by atoms with Crippen LogP contribution in [0, 0.1) is 29.1 Å². The third kappa shape index (κ3) is 6.68. The maximum atomic E-state index is 13.9. The van der Waals surface area contributed by atoms with Gasteiger partial charge in [0, 0.05) is 37.4 Å². The molecule has 2 heterocycles. The normalized spacial score (nSPS) is 30.9. The van der Waals surface area contributed by atoms with Crippen molar-refractivity contribution in [2.45, 2.75) is 102 Å². The van der Waals surface area contributed by atoms with E-state index in [0.29, 0.717) is 38.3 Å². The Bertz CT molecular complexity index is 795. The number of piperidine rings is 1. The zero-order valence-corrected chi connectivity index (χ0v) is 21.6. The van der Waals surface area contributed by atoms with E-state index in [1.165, 1.54) is 11.8 Å². The Hall–Kier alpha value is -1.68. The molecule has 7 heteroatoms. The number of amides is 2. The fraction of sp³-hybridized carbons (Fsp3) is 0.808. The summed E-state index contributed by atoms with van der Waals surface area (Å²) in [6.07, 6.45) is 5.87. The topological polar surface area (TPSA) is 77.9 Å². The van der Waals surface area contributed by atoms with Gasteiger partial charge in [0.2, 0.25) is 11.8 Å². The van der Waals surface area contributed by atoms with Crippen LogP contribution in [0.5, 0.6) is 0 Å². The van der Waals surface area contributed by atoms with Crippen molar-refractivity contribution in [3.8, 4) is 11.8 Å². The number of thioether (sulfide) groups is 1. The number of carbonyl (C=O) groups is 3. The van der Waals surface area contributed by atoms with Gasteiger partial charge in [-0.15, -0.1) is 11.8 Å². The van der Waals surface area contributed by atoms with Gasteiger partial charge in [0.1, 0.15) is 5.25 Å². The first-order chi connectivity index (χ1) is 15.5. The van der Waals surface area contributed by atoms with Crippen molar-refractivity contribution < 1.29 is 19.5 Å². The summed E-state index contributed by atoms with van der Waals surface area (Å²) >= 11 is 1.40. The molecule has 0 radical (unpaired) electrons. The third-order valence-corrected chi connectivity index (χ3v) is 8.70. The Morgan fingerprint density at radius 3 is 2.15 bits per heavy atom. The van der Waals surface area contributed by atoms with Crippen LogP contribution in [0.4, 0.5) is 0 Å². The van der Waals surface area contributed by atoms with E-state index in [9.17, 15) is 19.5 Å². The number of likely N-dealkylation sites (tertiary alicyclic amines) is 1. The van der Waals surface area contributed by atoms with Gasteiger partial charge < -0.3 is 14.9 Å². The molecule has 0 aromatic carbocycles. The first-order valence-electron chi connectivity index (χ1n) is 12.4. The number of hydrogen-bond donors (Lipinski definition) is 1. The Morgan fingerprint density at radius 2 is 1.64 bits per heavy atom. The summed E-state index contributed by atoms with van der Waals surface area (Å²) in [6.45, 7) is 11.2. The van der Waals surface area contributed by atoms with E-state index in [1.54, 1.807) is 6.92 Å². The van der Waals surface area contributed by atoms with Crippen molar-refractivity contribution >= 4 is 29.5 Å². The zero-order valence-electron chi connectivity index (χ0n) is 20.8. The molecule has 1 N–H and O–H groups in total. The van der Waals surface area contributed by atoms with Gasteiger partial charge in [-0.25, -0.2) is 0 Å². The molecule has 0 aromatic rings. The van der Waals surface area contributed by atoms with E-state index >= 15 is 0 Å². The second-order valence-corrected chi connectivity index (χ2v) is 12.5. The Balaban J connectivity index is 1.86. The number of carboxylic acid groups (broad SMARTS) is 1. The lowest BCUT2D eigenvalue weighted by Crippen LogP contribution is -2.56.